The van der Waals surface area contributed by atoms with Crippen molar-refractivity contribution in [2.45, 2.75) is 6.42 Å². The Kier molecular flexibility index (Phi) is 4.59. The molecule has 1 aromatic rings. The summed E-state index contributed by atoms with van der Waals surface area (Å²) in [7, 11) is 0. The zero-order valence-electron chi connectivity index (χ0n) is 10.9. The van der Waals surface area contributed by atoms with Crippen molar-refractivity contribution in [2.75, 3.05) is 26.2 Å². The van der Waals surface area contributed by atoms with Crippen molar-refractivity contribution in [3.8, 4) is 6.07 Å². The number of nitriles is 1. The van der Waals surface area contributed by atoms with Gasteiger partial charge in [0, 0.05) is 26.2 Å². The van der Waals surface area contributed by atoms with Crippen LogP contribution in [0.3, 0.4) is 0 Å². The third kappa shape index (κ3) is 3.09. The van der Waals surface area contributed by atoms with Crippen molar-refractivity contribution < 1.29 is 9.59 Å². The van der Waals surface area contributed by atoms with Crippen molar-refractivity contribution in [1.82, 2.24) is 9.80 Å². The Bertz CT molecular complexity index is 560. The largest absolute Gasteiger partial charge is 0.338 e. The monoisotopic (exact) mass is 291 g/mol. The third-order valence-electron chi connectivity index (χ3n) is 3.25. The molecule has 1 heterocycles. The first-order valence-electron chi connectivity index (χ1n) is 6.32. The average Bonchev–Trinajstić information content (AvgIpc) is 2.47. The van der Waals surface area contributed by atoms with Gasteiger partial charge in [-0.1, -0.05) is 23.7 Å². The van der Waals surface area contributed by atoms with Crippen LogP contribution in [0.5, 0.6) is 0 Å². The van der Waals surface area contributed by atoms with E-state index in [9.17, 15) is 9.59 Å². The van der Waals surface area contributed by atoms with Gasteiger partial charge < -0.3 is 9.80 Å². The minimum Gasteiger partial charge on any atom is -0.338 e. The van der Waals surface area contributed by atoms with Crippen LogP contribution in [0, 0.1) is 11.3 Å². The maximum Gasteiger partial charge on any atom is 0.255 e. The molecule has 2 amide bonds. The summed E-state index contributed by atoms with van der Waals surface area (Å²) in [5.41, 5.74) is 0.478. The molecule has 6 heteroatoms. The highest BCUT2D eigenvalue weighted by Crippen LogP contribution is 2.18. The molecule has 0 N–H and O–H groups in total. The summed E-state index contributed by atoms with van der Waals surface area (Å²) in [6.45, 7) is 1.83. The van der Waals surface area contributed by atoms with Crippen molar-refractivity contribution in [1.29, 1.82) is 5.26 Å². The van der Waals surface area contributed by atoms with E-state index in [-0.39, 0.29) is 18.2 Å². The van der Waals surface area contributed by atoms with Crippen LogP contribution in [0.25, 0.3) is 0 Å². The molecule has 0 saturated carbocycles. The summed E-state index contributed by atoms with van der Waals surface area (Å²) in [4.78, 5) is 27.2. The molecule has 1 saturated heterocycles. The third-order valence-corrected chi connectivity index (χ3v) is 3.58. The van der Waals surface area contributed by atoms with Crippen LogP contribution in [-0.4, -0.2) is 47.8 Å². The molecule has 0 unspecified atom stereocenters. The Morgan fingerprint density at radius 3 is 2.35 bits per heavy atom. The summed E-state index contributed by atoms with van der Waals surface area (Å²) >= 11 is 6.01. The summed E-state index contributed by atoms with van der Waals surface area (Å²) in [5, 5.41) is 8.94. The van der Waals surface area contributed by atoms with Crippen LogP contribution < -0.4 is 0 Å². The van der Waals surface area contributed by atoms with Crippen LogP contribution in [0.2, 0.25) is 5.02 Å². The van der Waals surface area contributed by atoms with Gasteiger partial charge in [-0.15, -0.1) is 0 Å². The van der Waals surface area contributed by atoms with Crippen LogP contribution >= 0.6 is 11.6 Å². The summed E-state index contributed by atoms with van der Waals surface area (Å²) < 4.78 is 0. The van der Waals surface area contributed by atoms with Gasteiger partial charge in [-0.2, -0.15) is 5.26 Å². The molecule has 5 nitrogen and oxygen atoms in total. The molecule has 0 bridgehead atoms. The first-order valence-corrected chi connectivity index (χ1v) is 6.70. The van der Waals surface area contributed by atoms with Crippen LogP contribution in [0.1, 0.15) is 16.8 Å². The molecular formula is C14H14ClN3O2. The fraction of sp³-hybridized carbons (Fsp3) is 0.357. The molecule has 0 aliphatic carbocycles. The fourth-order valence-electron chi connectivity index (χ4n) is 2.14. The summed E-state index contributed by atoms with van der Waals surface area (Å²) in [6, 6.07) is 8.76. The Morgan fingerprint density at radius 2 is 1.75 bits per heavy atom. The van der Waals surface area contributed by atoms with Gasteiger partial charge in [0.05, 0.1) is 16.7 Å². The number of nitrogens with zero attached hydrogens (tertiary/aromatic N) is 3. The lowest BCUT2D eigenvalue weighted by Crippen LogP contribution is -2.50. The quantitative estimate of drug-likeness (QED) is 0.830. The van der Waals surface area contributed by atoms with E-state index < -0.39 is 0 Å². The van der Waals surface area contributed by atoms with Crippen LogP contribution in [-0.2, 0) is 4.79 Å². The highest BCUT2D eigenvalue weighted by Gasteiger charge is 2.25. The molecule has 0 spiro atoms. The smallest absolute Gasteiger partial charge is 0.255 e. The number of hydrogen-bond acceptors (Lipinski definition) is 3. The average molecular weight is 292 g/mol. The van der Waals surface area contributed by atoms with Gasteiger partial charge in [0.15, 0.2) is 0 Å². The summed E-state index contributed by atoms with van der Waals surface area (Å²) in [5.74, 6) is -0.305. The maximum atomic E-state index is 12.3. The molecule has 1 aromatic carbocycles. The molecule has 104 valence electrons. The van der Waals surface area contributed by atoms with Gasteiger partial charge in [-0.3, -0.25) is 9.59 Å². The molecule has 20 heavy (non-hydrogen) atoms. The Labute approximate surface area is 122 Å². The maximum absolute atomic E-state index is 12.3. The van der Waals surface area contributed by atoms with Crippen molar-refractivity contribution in [3.63, 3.8) is 0 Å². The molecule has 1 aliphatic rings. The predicted octanol–water partition coefficient (Wildman–Crippen LogP) is 1.54. The van der Waals surface area contributed by atoms with E-state index in [0.717, 1.165) is 0 Å². The Balaban J connectivity index is 1.98. The number of piperazine rings is 1. The highest BCUT2D eigenvalue weighted by atomic mass is 35.5. The van der Waals surface area contributed by atoms with Gasteiger partial charge in [0.2, 0.25) is 5.91 Å². The van der Waals surface area contributed by atoms with E-state index in [1.807, 2.05) is 6.07 Å². The van der Waals surface area contributed by atoms with E-state index in [1.54, 1.807) is 34.1 Å². The van der Waals surface area contributed by atoms with Gasteiger partial charge >= 0.3 is 0 Å². The standard InChI is InChI=1S/C14H14ClN3O2/c15-12-4-2-1-3-11(12)14(20)18-9-7-17(8-10-18)13(19)5-6-16/h1-4H,5,7-10H2. The second-order valence-corrected chi connectivity index (χ2v) is 4.89. The highest BCUT2D eigenvalue weighted by molar-refractivity contribution is 6.33. The lowest BCUT2D eigenvalue weighted by atomic mass is 10.1. The number of halogens is 1. The van der Waals surface area contributed by atoms with Crippen molar-refractivity contribution in [3.05, 3.63) is 34.9 Å². The molecule has 1 aliphatic heterocycles. The van der Waals surface area contributed by atoms with Crippen LogP contribution in [0.4, 0.5) is 0 Å². The van der Waals surface area contributed by atoms with Gasteiger partial charge in [0.25, 0.3) is 5.91 Å². The second-order valence-electron chi connectivity index (χ2n) is 4.49. The first-order chi connectivity index (χ1) is 9.63. The van der Waals surface area contributed by atoms with Crippen LogP contribution in [0.15, 0.2) is 24.3 Å². The summed E-state index contributed by atoms with van der Waals surface area (Å²) in [6.07, 6.45) is -0.113. The molecule has 2 rings (SSSR count). The van der Waals surface area contributed by atoms with Crippen molar-refractivity contribution >= 4 is 23.4 Å². The van der Waals surface area contributed by atoms with E-state index in [4.69, 9.17) is 16.9 Å². The minimum atomic E-state index is -0.183. The number of carbonyl (C=O) groups excluding carboxylic acids is 2. The predicted molar refractivity (Wildman–Crippen MR) is 74.2 cm³/mol. The number of hydrogen-bond donors (Lipinski definition) is 0. The Hall–Kier alpha value is -2.06. The zero-order valence-corrected chi connectivity index (χ0v) is 11.6. The molecule has 0 atom stereocenters. The molecule has 0 aromatic heterocycles. The molecule has 1 fully saturated rings. The van der Waals surface area contributed by atoms with E-state index >= 15 is 0 Å². The number of rotatable bonds is 2. The Morgan fingerprint density at radius 1 is 1.15 bits per heavy atom. The lowest BCUT2D eigenvalue weighted by Gasteiger charge is -2.34. The second kappa shape index (κ2) is 6.40. The van der Waals surface area contributed by atoms with Crippen molar-refractivity contribution in [2.24, 2.45) is 0 Å². The first kappa shape index (κ1) is 14.4. The number of carbonyl (C=O) groups is 2. The molecule has 0 radical (unpaired) electrons. The molecular weight excluding hydrogens is 278 g/mol. The number of benzene rings is 1. The van der Waals surface area contributed by atoms with E-state index in [2.05, 4.69) is 0 Å². The zero-order chi connectivity index (χ0) is 14.5. The van der Waals surface area contributed by atoms with E-state index in [1.165, 1.54) is 0 Å². The topological polar surface area (TPSA) is 64.4 Å². The normalized spacial score (nSPS) is 14.8. The lowest BCUT2D eigenvalue weighted by molar-refractivity contribution is -0.131. The van der Waals surface area contributed by atoms with Gasteiger partial charge in [-0.05, 0) is 12.1 Å². The minimum absolute atomic E-state index is 0.113. The fourth-order valence-corrected chi connectivity index (χ4v) is 2.36. The number of amides is 2. The van der Waals surface area contributed by atoms with Gasteiger partial charge in [0.1, 0.15) is 6.42 Å². The van der Waals surface area contributed by atoms with E-state index in [0.29, 0.717) is 36.8 Å². The SMILES string of the molecule is N#CCC(=O)N1CCN(C(=O)c2ccccc2Cl)CC1. The van der Waals surface area contributed by atoms with Gasteiger partial charge in [-0.25, -0.2) is 0 Å².